The van der Waals surface area contributed by atoms with Gasteiger partial charge in [-0.2, -0.15) is 0 Å². The Hall–Kier alpha value is -0.900. The van der Waals surface area contributed by atoms with Gasteiger partial charge < -0.3 is 5.32 Å². The van der Waals surface area contributed by atoms with Crippen LogP contribution in [0.4, 0.5) is 0 Å². The van der Waals surface area contributed by atoms with Gasteiger partial charge in [0.1, 0.15) is 0 Å². The molecule has 2 amide bonds. The predicted octanol–water partition coefficient (Wildman–Crippen LogP) is 2.22. The summed E-state index contributed by atoms with van der Waals surface area (Å²) in [5, 5.41) is 3.46. The minimum Gasteiger partial charge on any atom is -0.303 e. The SMILES string of the molecule is CC1CCC(NC2CC(=O)N(C3CCCC3)C2=O)CC1. The van der Waals surface area contributed by atoms with Crippen LogP contribution < -0.4 is 5.32 Å². The third kappa shape index (κ3) is 2.76. The van der Waals surface area contributed by atoms with E-state index < -0.39 is 0 Å². The number of carbonyl (C=O) groups is 2. The minimum absolute atomic E-state index is 0.0421. The van der Waals surface area contributed by atoms with Gasteiger partial charge in [0, 0.05) is 12.1 Å². The highest BCUT2D eigenvalue weighted by Gasteiger charge is 2.43. The Labute approximate surface area is 121 Å². The van der Waals surface area contributed by atoms with E-state index >= 15 is 0 Å². The van der Waals surface area contributed by atoms with Gasteiger partial charge in [0.15, 0.2) is 0 Å². The monoisotopic (exact) mass is 278 g/mol. The van der Waals surface area contributed by atoms with Crippen LogP contribution in [0.2, 0.25) is 0 Å². The second-order valence-corrected chi connectivity index (χ2v) is 6.92. The largest absolute Gasteiger partial charge is 0.303 e. The summed E-state index contributed by atoms with van der Waals surface area (Å²) in [6, 6.07) is 0.367. The molecule has 2 aliphatic carbocycles. The Morgan fingerprint density at radius 3 is 2.30 bits per heavy atom. The Bertz CT molecular complexity index is 382. The molecule has 0 aromatic carbocycles. The van der Waals surface area contributed by atoms with E-state index in [-0.39, 0.29) is 23.9 Å². The highest BCUT2D eigenvalue weighted by atomic mass is 16.2. The average molecular weight is 278 g/mol. The maximum atomic E-state index is 12.5. The molecular weight excluding hydrogens is 252 g/mol. The number of amides is 2. The maximum Gasteiger partial charge on any atom is 0.247 e. The van der Waals surface area contributed by atoms with E-state index in [1.165, 1.54) is 12.8 Å². The van der Waals surface area contributed by atoms with Gasteiger partial charge in [0.05, 0.1) is 12.5 Å². The summed E-state index contributed by atoms with van der Waals surface area (Å²) in [7, 11) is 0. The Morgan fingerprint density at radius 2 is 1.65 bits per heavy atom. The number of nitrogens with zero attached hydrogens (tertiary/aromatic N) is 1. The highest BCUT2D eigenvalue weighted by Crippen LogP contribution is 2.29. The van der Waals surface area contributed by atoms with Crippen LogP contribution in [0, 0.1) is 5.92 Å². The number of imide groups is 1. The standard InChI is InChI=1S/C16H26N2O2/c1-11-6-8-12(9-7-11)17-14-10-15(19)18(16(14)20)13-4-2-3-5-13/h11-14,17H,2-10H2,1H3. The number of likely N-dealkylation sites (tertiary alicyclic amines) is 1. The van der Waals surface area contributed by atoms with E-state index in [0.717, 1.165) is 44.4 Å². The molecular formula is C16H26N2O2. The average Bonchev–Trinajstić information content (AvgIpc) is 3.02. The zero-order valence-electron chi connectivity index (χ0n) is 12.4. The molecule has 4 nitrogen and oxygen atoms in total. The van der Waals surface area contributed by atoms with Crippen molar-refractivity contribution in [2.45, 2.75) is 82.8 Å². The third-order valence-corrected chi connectivity index (χ3v) is 5.33. The lowest BCUT2D eigenvalue weighted by Crippen LogP contribution is -2.46. The zero-order valence-corrected chi connectivity index (χ0v) is 12.4. The molecule has 20 heavy (non-hydrogen) atoms. The molecule has 3 aliphatic rings. The van der Waals surface area contributed by atoms with Crippen LogP contribution in [0.15, 0.2) is 0 Å². The first kappa shape index (κ1) is 14.1. The first-order valence-electron chi connectivity index (χ1n) is 8.27. The fraction of sp³-hybridized carbons (Fsp3) is 0.875. The van der Waals surface area contributed by atoms with Crippen molar-refractivity contribution in [3.05, 3.63) is 0 Å². The summed E-state index contributed by atoms with van der Waals surface area (Å²) < 4.78 is 0. The topological polar surface area (TPSA) is 49.4 Å². The van der Waals surface area contributed by atoms with E-state index in [1.807, 2.05) is 0 Å². The first-order valence-corrected chi connectivity index (χ1v) is 8.27. The van der Waals surface area contributed by atoms with E-state index in [9.17, 15) is 9.59 Å². The van der Waals surface area contributed by atoms with Crippen molar-refractivity contribution in [2.75, 3.05) is 0 Å². The fourth-order valence-electron chi connectivity index (χ4n) is 4.04. The molecule has 112 valence electrons. The normalized spacial score (nSPS) is 36.0. The molecule has 0 radical (unpaired) electrons. The smallest absolute Gasteiger partial charge is 0.247 e. The van der Waals surface area contributed by atoms with Crippen LogP contribution in [-0.2, 0) is 9.59 Å². The molecule has 1 aliphatic heterocycles. The van der Waals surface area contributed by atoms with Crippen LogP contribution in [0.5, 0.6) is 0 Å². The van der Waals surface area contributed by atoms with E-state index in [0.29, 0.717) is 12.5 Å². The highest BCUT2D eigenvalue weighted by molar-refractivity contribution is 6.05. The van der Waals surface area contributed by atoms with E-state index in [1.54, 1.807) is 4.90 Å². The lowest BCUT2D eigenvalue weighted by Gasteiger charge is -2.29. The molecule has 2 saturated carbocycles. The van der Waals surface area contributed by atoms with Crippen molar-refractivity contribution in [1.82, 2.24) is 10.2 Å². The summed E-state index contributed by atoms with van der Waals surface area (Å²) in [4.78, 5) is 26.2. The van der Waals surface area contributed by atoms with Gasteiger partial charge in [-0.25, -0.2) is 0 Å². The lowest BCUT2D eigenvalue weighted by molar-refractivity contribution is -0.141. The van der Waals surface area contributed by atoms with Crippen molar-refractivity contribution in [3.63, 3.8) is 0 Å². The first-order chi connectivity index (χ1) is 9.65. The van der Waals surface area contributed by atoms with Gasteiger partial charge in [-0.15, -0.1) is 0 Å². The molecule has 1 atom stereocenters. The van der Waals surface area contributed by atoms with Crippen molar-refractivity contribution in [1.29, 1.82) is 0 Å². The maximum absolute atomic E-state index is 12.5. The van der Waals surface area contributed by atoms with E-state index in [2.05, 4.69) is 12.2 Å². The van der Waals surface area contributed by atoms with Crippen LogP contribution in [-0.4, -0.2) is 34.8 Å². The molecule has 3 rings (SSSR count). The molecule has 0 aromatic heterocycles. The molecule has 0 spiro atoms. The molecule has 1 heterocycles. The van der Waals surface area contributed by atoms with E-state index in [4.69, 9.17) is 0 Å². The molecule has 4 heteroatoms. The van der Waals surface area contributed by atoms with Crippen molar-refractivity contribution in [2.24, 2.45) is 5.92 Å². The molecule has 0 aromatic rings. The Morgan fingerprint density at radius 1 is 1.00 bits per heavy atom. The van der Waals surface area contributed by atoms with Crippen LogP contribution in [0.1, 0.15) is 64.7 Å². The van der Waals surface area contributed by atoms with Crippen LogP contribution in [0.25, 0.3) is 0 Å². The third-order valence-electron chi connectivity index (χ3n) is 5.33. The van der Waals surface area contributed by atoms with Gasteiger partial charge in [0.25, 0.3) is 0 Å². The Balaban J connectivity index is 1.58. The quantitative estimate of drug-likeness (QED) is 0.805. The van der Waals surface area contributed by atoms with Crippen LogP contribution in [0.3, 0.4) is 0 Å². The molecule has 1 unspecified atom stereocenters. The van der Waals surface area contributed by atoms with Crippen molar-refractivity contribution in [3.8, 4) is 0 Å². The zero-order chi connectivity index (χ0) is 14.1. The van der Waals surface area contributed by atoms with Crippen molar-refractivity contribution < 1.29 is 9.59 Å². The molecule has 0 bridgehead atoms. The number of nitrogens with one attached hydrogen (secondary N) is 1. The fourth-order valence-corrected chi connectivity index (χ4v) is 4.04. The van der Waals surface area contributed by atoms with Gasteiger partial charge in [-0.05, 0) is 44.4 Å². The van der Waals surface area contributed by atoms with Crippen molar-refractivity contribution >= 4 is 11.8 Å². The van der Waals surface area contributed by atoms with Gasteiger partial charge in [0.2, 0.25) is 11.8 Å². The number of hydrogen-bond donors (Lipinski definition) is 1. The summed E-state index contributed by atoms with van der Waals surface area (Å²) >= 11 is 0. The second-order valence-electron chi connectivity index (χ2n) is 6.92. The molecule has 1 N–H and O–H groups in total. The van der Waals surface area contributed by atoms with Gasteiger partial charge >= 0.3 is 0 Å². The molecule has 3 fully saturated rings. The number of carbonyl (C=O) groups excluding carboxylic acids is 2. The number of rotatable bonds is 3. The summed E-state index contributed by atoms with van der Waals surface area (Å²) in [6.07, 6.45) is 9.45. The lowest BCUT2D eigenvalue weighted by atomic mass is 9.87. The van der Waals surface area contributed by atoms with Crippen LogP contribution >= 0.6 is 0 Å². The predicted molar refractivity (Wildman–Crippen MR) is 77.1 cm³/mol. The second kappa shape index (κ2) is 5.84. The van der Waals surface area contributed by atoms with Gasteiger partial charge in [-0.3, -0.25) is 14.5 Å². The van der Waals surface area contributed by atoms with Gasteiger partial charge in [-0.1, -0.05) is 19.8 Å². The summed E-state index contributed by atoms with van der Waals surface area (Å²) in [5.41, 5.74) is 0. The Kier molecular flexibility index (Phi) is 4.11. The minimum atomic E-state index is -0.249. The summed E-state index contributed by atoms with van der Waals surface area (Å²) in [5.74, 6) is 0.896. The molecule has 1 saturated heterocycles. The number of hydrogen-bond acceptors (Lipinski definition) is 3. The summed E-state index contributed by atoms with van der Waals surface area (Å²) in [6.45, 7) is 2.29.